The average Bonchev–Trinajstić information content (AvgIpc) is 3.21. The number of carbonyl (C=O) groups excluding carboxylic acids is 2. The summed E-state index contributed by atoms with van der Waals surface area (Å²) in [6, 6.07) is 12.4. The molecule has 198 valence electrons. The second-order valence-electron chi connectivity index (χ2n) is 9.09. The highest BCUT2D eigenvalue weighted by atomic mass is 35.5. The molecule has 0 aliphatic heterocycles. The molecule has 0 saturated heterocycles. The number of benzene rings is 2. The Kier molecular flexibility index (Phi) is 10.8. The van der Waals surface area contributed by atoms with E-state index in [4.69, 9.17) is 23.2 Å². The third-order valence-corrected chi connectivity index (χ3v) is 7.45. The minimum Gasteiger partial charge on any atom is -0.369 e. The van der Waals surface area contributed by atoms with Crippen molar-refractivity contribution in [3.05, 3.63) is 69.2 Å². The minimum absolute atomic E-state index is 0.113. The molecule has 0 radical (unpaired) electrons. The van der Waals surface area contributed by atoms with Crippen molar-refractivity contribution in [2.24, 2.45) is 0 Å². The number of carbonyl (C=O) groups is 2. The molecule has 9 heteroatoms. The number of nitrogens with zero attached hydrogens (tertiary/aromatic N) is 2. The monoisotopic (exact) mass is 560 g/mol. The summed E-state index contributed by atoms with van der Waals surface area (Å²) in [5, 5.41) is 6.29. The van der Waals surface area contributed by atoms with E-state index in [0.29, 0.717) is 40.3 Å². The van der Waals surface area contributed by atoms with Gasteiger partial charge in [-0.25, -0.2) is 4.98 Å². The van der Waals surface area contributed by atoms with E-state index in [1.54, 1.807) is 6.92 Å². The van der Waals surface area contributed by atoms with Crippen molar-refractivity contribution in [3.8, 4) is 0 Å². The van der Waals surface area contributed by atoms with Gasteiger partial charge in [0.15, 0.2) is 5.13 Å². The smallest absolute Gasteiger partial charge is 0.267 e. The fourth-order valence-electron chi connectivity index (χ4n) is 4.29. The molecule has 37 heavy (non-hydrogen) atoms. The van der Waals surface area contributed by atoms with Gasteiger partial charge in [0.05, 0.1) is 5.69 Å². The molecule has 0 atom stereocenters. The second-order valence-corrected chi connectivity index (χ2v) is 10.8. The van der Waals surface area contributed by atoms with E-state index in [1.807, 2.05) is 32.9 Å². The Bertz CT molecular complexity index is 1200. The zero-order valence-corrected chi connectivity index (χ0v) is 24.1. The molecule has 0 fully saturated rings. The summed E-state index contributed by atoms with van der Waals surface area (Å²) in [6.07, 6.45) is 1.87. The number of halogens is 2. The number of aromatic nitrogens is 1. The van der Waals surface area contributed by atoms with Crippen LogP contribution < -0.4 is 15.5 Å². The lowest BCUT2D eigenvalue weighted by atomic mass is 10.1. The van der Waals surface area contributed by atoms with Crippen LogP contribution in [0.15, 0.2) is 36.4 Å². The maximum absolute atomic E-state index is 12.9. The molecule has 2 aromatic carbocycles. The molecule has 0 spiro atoms. The van der Waals surface area contributed by atoms with Crippen LogP contribution in [0.1, 0.15) is 50.5 Å². The first-order valence-electron chi connectivity index (χ1n) is 12.3. The highest BCUT2D eigenvalue weighted by molar-refractivity contribution is 7.17. The lowest BCUT2D eigenvalue weighted by Crippen LogP contribution is -2.27. The van der Waals surface area contributed by atoms with E-state index in [-0.39, 0.29) is 11.8 Å². The minimum atomic E-state index is -0.218. The van der Waals surface area contributed by atoms with Crippen LogP contribution in [0.2, 0.25) is 0 Å². The summed E-state index contributed by atoms with van der Waals surface area (Å²) in [4.78, 5) is 32.5. The van der Waals surface area contributed by atoms with E-state index < -0.39 is 0 Å². The van der Waals surface area contributed by atoms with Gasteiger partial charge in [-0.05, 0) is 69.4 Å². The predicted molar refractivity (Wildman–Crippen MR) is 157 cm³/mol. The van der Waals surface area contributed by atoms with Crippen LogP contribution in [0.3, 0.4) is 0 Å². The standard InChI is InChI=1S/C28H34Cl2N4O2S/c1-18-16-19(2)25(20(3)17-18)33-27(36)26-21(4)31-28(37-26)32-24(35)7-5-6-22-8-10-23(11-9-22)34(14-12-29)15-13-30/h8-11,16-17H,5-7,12-15H2,1-4H3,(H,33,36)(H,31,32,35). The molecule has 0 aliphatic rings. The lowest BCUT2D eigenvalue weighted by Gasteiger charge is -2.23. The Morgan fingerprint density at radius 1 is 0.946 bits per heavy atom. The van der Waals surface area contributed by atoms with Gasteiger partial charge in [-0.1, -0.05) is 41.2 Å². The van der Waals surface area contributed by atoms with Gasteiger partial charge < -0.3 is 15.5 Å². The number of anilines is 3. The number of aryl methyl sites for hydroxylation is 5. The van der Waals surface area contributed by atoms with Crippen molar-refractivity contribution in [1.82, 2.24) is 4.98 Å². The number of nitrogens with one attached hydrogen (secondary N) is 2. The summed E-state index contributed by atoms with van der Waals surface area (Å²) in [7, 11) is 0. The Morgan fingerprint density at radius 2 is 1.57 bits per heavy atom. The molecule has 2 N–H and O–H groups in total. The Hall–Kier alpha value is -2.61. The molecule has 1 aromatic heterocycles. The van der Waals surface area contributed by atoms with Gasteiger partial charge in [0, 0.05) is 42.6 Å². The van der Waals surface area contributed by atoms with Gasteiger partial charge in [-0.2, -0.15) is 0 Å². The first-order chi connectivity index (χ1) is 17.7. The molecule has 6 nitrogen and oxygen atoms in total. The zero-order chi connectivity index (χ0) is 26.9. The molecule has 0 saturated carbocycles. The van der Waals surface area contributed by atoms with Gasteiger partial charge >= 0.3 is 0 Å². The topological polar surface area (TPSA) is 74.3 Å². The normalized spacial score (nSPS) is 10.9. The number of hydrogen-bond donors (Lipinski definition) is 2. The van der Waals surface area contributed by atoms with Crippen molar-refractivity contribution >= 4 is 62.9 Å². The van der Waals surface area contributed by atoms with E-state index >= 15 is 0 Å². The predicted octanol–water partition coefficient (Wildman–Crippen LogP) is 6.87. The molecular formula is C28H34Cl2N4O2S. The first-order valence-corrected chi connectivity index (χ1v) is 14.2. The Balaban J connectivity index is 1.52. The molecule has 1 heterocycles. The van der Waals surface area contributed by atoms with Crippen molar-refractivity contribution in [2.75, 3.05) is 40.4 Å². The van der Waals surface area contributed by atoms with Gasteiger partial charge in [0.1, 0.15) is 4.88 Å². The molecule has 0 unspecified atom stereocenters. The highest BCUT2D eigenvalue weighted by Crippen LogP contribution is 2.27. The van der Waals surface area contributed by atoms with Crippen molar-refractivity contribution in [1.29, 1.82) is 0 Å². The number of amides is 2. The number of rotatable bonds is 12. The van der Waals surface area contributed by atoms with E-state index in [1.165, 1.54) is 16.9 Å². The fourth-order valence-corrected chi connectivity index (χ4v) is 5.58. The van der Waals surface area contributed by atoms with Gasteiger partial charge in [0.2, 0.25) is 5.91 Å². The zero-order valence-electron chi connectivity index (χ0n) is 21.8. The average molecular weight is 562 g/mol. The van der Waals surface area contributed by atoms with Crippen LogP contribution in [0.5, 0.6) is 0 Å². The largest absolute Gasteiger partial charge is 0.369 e. The third kappa shape index (κ3) is 8.19. The molecular weight excluding hydrogens is 527 g/mol. The maximum atomic E-state index is 12.9. The lowest BCUT2D eigenvalue weighted by molar-refractivity contribution is -0.116. The van der Waals surface area contributed by atoms with Crippen LogP contribution in [-0.2, 0) is 11.2 Å². The first kappa shape index (κ1) is 29.0. The SMILES string of the molecule is Cc1cc(C)c(NC(=O)c2sc(NC(=O)CCCc3ccc(N(CCCl)CCCl)cc3)nc2C)c(C)c1. The Labute approximate surface area is 233 Å². The van der Waals surface area contributed by atoms with Gasteiger partial charge in [0.25, 0.3) is 5.91 Å². The fraction of sp³-hybridized carbons (Fsp3) is 0.393. The maximum Gasteiger partial charge on any atom is 0.267 e. The number of thiazole rings is 1. The van der Waals surface area contributed by atoms with Crippen LogP contribution in [0.25, 0.3) is 0 Å². The van der Waals surface area contributed by atoms with Crippen LogP contribution in [-0.4, -0.2) is 41.6 Å². The molecule has 0 bridgehead atoms. The molecule has 0 aliphatic carbocycles. The van der Waals surface area contributed by atoms with E-state index in [9.17, 15) is 9.59 Å². The molecule has 3 aromatic rings. The quantitative estimate of drug-likeness (QED) is 0.237. The number of hydrogen-bond acceptors (Lipinski definition) is 5. The van der Waals surface area contributed by atoms with Crippen molar-refractivity contribution < 1.29 is 9.59 Å². The highest BCUT2D eigenvalue weighted by Gasteiger charge is 2.18. The summed E-state index contributed by atoms with van der Waals surface area (Å²) in [6.45, 7) is 9.27. The number of alkyl halides is 2. The summed E-state index contributed by atoms with van der Waals surface area (Å²) < 4.78 is 0. The van der Waals surface area contributed by atoms with Gasteiger partial charge in [-0.15, -0.1) is 23.2 Å². The van der Waals surface area contributed by atoms with Crippen molar-refractivity contribution in [3.63, 3.8) is 0 Å². The summed E-state index contributed by atoms with van der Waals surface area (Å²) in [5.74, 6) is 0.762. The Morgan fingerprint density at radius 3 is 2.16 bits per heavy atom. The van der Waals surface area contributed by atoms with Crippen LogP contribution in [0.4, 0.5) is 16.5 Å². The van der Waals surface area contributed by atoms with E-state index in [0.717, 1.165) is 47.6 Å². The second kappa shape index (κ2) is 13.8. The molecule has 2 amide bonds. The molecule has 3 rings (SSSR count). The van der Waals surface area contributed by atoms with E-state index in [2.05, 4.69) is 44.8 Å². The third-order valence-electron chi connectivity index (χ3n) is 6.04. The van der Waals surface area contributed by atoms with Gasteiger partial charge in [-0.3, -0.25) is 9.59 Å². The van der Waals surface area contributed by atoms with Crippen LogP contribution >= 0.6 is 34.5 Å². The summed E-state index contributed by atoms with van der Waals surface area (Å²) >= 11 is 13.0. The van der Waals surface area contributed by atoms with Crippen molar-refractivity contribution in [2.45, 2.75) is 47.0 Å². The van der Waals surface area contributed by atoms with Crippen LogP contribution in [0, 0.1) is 27.7 Å². The summed E-state index contributed by atoms with van der Waals surface area (Å²) in [5.41, 5.74) is 6.84.